The maximum atomic E-state index is 13.5. The molecule has 1 N–H and O–H groups in total. The van der Waals surface area contributed by atoms with Gasteiger partial charge in [-0.25, -0.2) is 9.37 Å². The van der Waals surface area contributed by atoms with Crippen LogP contribution in [0.25, 0.3) is 11.3 Å². The summed E-state index contributed by atoms with van der Waals surface area (Å²) in [6, 6.07) is 7.15. The summed E-state index contributed by atoms with van der Waals surface area (Å²) < 4.78 is 19.0. The Balaban J connectivity index is 1.77. The van der Waals surface area contributed by atoms with Crippen LogP contribution in [0.5, 0.6) is 0 Å². The minimum atomic E-state index is -0.287. The van der Waals surface area contributed by atoms with E-state index in [-0.39, 0.29) is 5.82 Å². The van der Waals surface area contributed by atoms with Gasteiger partial charge in [-0.3, -0.25) is 0 Å². The highest BCUT2D eigenvalue weighted by molar-refractivity contribution is 5.56. The highest BCUT2D eigenvalue weighted by Gasteiger charge is 2.21. The van der Waals surface area contributed by atoms with E-state index in [1.807, 2.05) is 0 Å². The molecule has 88 valence electrons. The van der Waals surface area contributed by atoms with E-state index in [4.69, 9.17) is 4.42 Å². The molecule has 1 saturated carbocycles. The molecule has 1 heterocycles. The molecule has 0 bridgehead atoms. The van der Waals surface area contributed by atoms with E-state index < -0.39 is 0 Å². The Morgan fingerprint density at radius 3 is 2.94 bits per heavy atom. The van der Waals surface area contributed by atoms with E-state index in [2.05, 4.69) is 10.3 Å². The lowest BCUT2D eigenvalue weighted by Crippen LogP contribution is -2.15. The second-order valence-electron chi connectivity index (χ2n) is 4.25. The lowest BCUT2D eigenvalue weighted by Gasteiger charge is -1.98. The van der Waals surface area contributed by atoms with E-state index in [1.165, 1.54) is 18.9 Å². The molecular formula is C13H13FN2O. The molecular weight excluding hydrogens is 219 g/mol. The van der Waals surface area contributed by atoms with E-state index in [9.17, 15) is 4.39 Å². The van der Waals surface area contributed by atoms with Gasteiger partial charge in [0, 0.05) is 6.04 Å². The Labute approximate surface area is 98.7 Å². The van der Waals surface area contributed by atoms with Crippen LogP contribution in [0.4, 0.5) is 4.39 Å². The Bertz CT molecular complexity index is 520. The molecule has 1 fully saturated rings. The molecule has 2 aromatic rings. The van der Waals surface area contributed by atoms with Gasteiger partial charge in [0.15, 0.2) is 5.76 Å². The molecule has 3 rings (SSSR count). The molecule has 4 heteroatoms. The van der Waals surface area contributed by atoms with Crippen molar-refractivity contribution in [1.29, 1.82) is 0 Å². The van der Waals surface area contributed by atoms with E-state index in [0.717, 1.165) is 0 Å². The number of oxazole rings is 1. The van der Waals surface area contributed by atoms with Gasteiger partial charge in [-0.1, -0.05) is 12.1 Å². The number of hydrogen-bond donors (Lipinski definition) is 1. The van der Waals surface area contributed by atoms with Crippen molar-refractivity contribution in [2.75, 3.05) is 0 Å². The third kappa shape index (κ3) is 2.36. The van der Waals surface area contributed by atoms with Gasteiger partial charge in [-0.15, -0.1) is 0 Å². The largest absolute Gasteiger partial charge is 0.439 e. The maximum absolute atomic E-state index is 13.5. The molecule has 0 unspecified atom stereocenters. The predicted molar refractivity (Wildman–Crippen MR) is 61.8 cm³/mol. The first-order chi connectivity index (χ1) is 8.33. The topological polar surface area (TPSA) is 38.1 Å². The van der Waals surface area contributed by atoms with E-state index >= 15 is 0 Å². The van der Waals surface area contributed by atoms with Crippen LogP contribution in [-0.4, -0.2) is 11.0 Å². The summed E-state index contributed by atoms with van der Waals surface area (Å²) in [5.41, 5.74) is 0.456. The van der Waals surface area contributed by atoms with Gasteiger partial charge in [-0.2, -0.15) is 0 Å². The monoisotopic (exact) mass is 232 g/mol. The Morgan fingerprint density at radius 2 is 2.18 bits per heavy atom. The van der Waals surface area contributed by atoms with Crippen molar-refractivity contribution in [3.8, 4) is 11.3 Å². The van der Waals surface area contributed by atoms with Crippen molar-refractivity contribution >= 4 is 0 Å². The van der Waals surface area contributed by atoms with Crippen LogP contribution in [0.15, 0.2) is 34.9 Å². The number of rotatable bonds is 4. The molecule has 0 radical (unpaired) electrons. The van der Waals surface area contributed by atoms with Crippen LogP contribution in [0, 0.1) is 5.82 Å². The number of aromatic nitrogens is 1. The summed E-state index contributed by atoms with van der Waals surface area (Å²) in [6.45, 7) is 0.610. The summed E-state index contributed by atoms with van der Waals surface area (Å²) in [5, 5.41) is 3.30. The summed E-state index contributed by atoms with van der Waals surface area (Å²) in [5.74, 6) is 0.802. The van der Waals surface area contributed by atoms with Gasteiger partial charge in [-0.05, 0) is 25.0 Å². The fraction of sp³-hybridized carbons (Fsp3) is 0.308. The minimum Gasteiger partial charge on any atom is -0.439 e. The standard InChI is InChI=1S/C13H13FN2O/c14-11-4-2-1-3-10(11)12-7-16-13(17-12)8-15-9-5-6-9/h1-4,7,9,15H,5-6,8H2. The second-order valence-corrected chi connectivity index (χ2v) is 4.25. The average molecular weight is 232 g/mol. The van der Waals surface area contributed by atoms with Crippen LogP contribution in [0.1, 0.15) is 18.7 Å². The molecule has 0 amide bonds. The van der Waals surface area contributed by atoms with Crippen LogP contribution in [0.2, 0.25) is 0 Å². The highest BCUT2D eigenvalue weighted by atomic mass is 19.1. The molecule has 0 spiro atoms. The van der Waals surface area contributed by atoms with Gasteiger partial charge >= 0.3 is 0 Å². The number of nitrogens with zero attached hydrogens (tertiary/aromatic N) is 1. The lowest BCUT2D eigenvalue weighted by atomic mass is 10.2. The zero-order valence-corrected chi connectivity index (χ0v) is 9.32. The van der Waals surface area contributed by atoms with E-state index in [1.54, 1.807) is 24.4 Å². The zero-order chi connectivity index (χ0) is 11.7. The maximum Gasteiger partial charge on any atom is 0.208 e. The Kier molecular flexibility index (Phi) is 2.65. The quantitative estimate of drug-likeness (QED) is 0.880. The molecule has 3 nitrogen and oxygen atoms in total. The summed E-state index contributed by atoms with van der Waals surface area (Å²) in [7, 11) is 0. The lowest BCUT2D eigenvalue weighted by molar-refractivity contribution is 0.474. The molecule has 0 atom stereocenters. The minimum absolute atomic E-state index is 0.287. The smallest absolute Gasteiger partial charge is 0.208 e. The van der Waals surface area contributed by atoms with E-state index in [0.29, 0.717) is 29.8 Å². The second kappa shape index (κ2) is 4.30. The van der Waals surface area contributed by atoms with Gasteiger partial charge in [0.2, 0.25) is 5.89 Å². The van der Waals surface area contributed by atoms with Crippen molar-refractivity contribution in [1.82, 2.24) is 10.3 Å². The van der Waals surface area contributed by atoms with Gasteiger partial charge in [0.05, 0.1) is 18.3 Å². The number of halogens is 1. The Hall–Kier alpha value is -1.68. The fourth-order valence-corrected chi connectivity index (χ4v) is 1.70. The first-order valence-electron chi connectivity index (χ1n) is 5.76. The van der Waals surface area contributed by atoms with Crippen molar-refractivity contribution in [2.45, 2.75) is 25.4 Å². The predicted octanol–water partition coefficient (Wildman–Crippen LogP) is 2.73. The molecule has 17 heavy (non-hydrogen) atoms. The van der Waals surface area contributed by atoms with Crippen molar-refractivity contribution in [3.63, 3.8) is 0 Å². The molecule has 0 saturated heterocycles. The first-order valence-corrected chi connectivity index (χ1v) is 5.76. The number of benzene rings is 1. The van der Waals surface area contributed by atoms with Crippen molar-refractivity contribution in [3.05, 3.63) is 42.2 Å². The average Bonchev–Trinajstić information content (AvgIpc) is 3.06. The summed E-state index contributed by atoms with van der Waals surface area (Å²) in [4.78, 5) is 4.14. The SMILES string of the molecule is Fc1ccccc1-c1cnc(CNC2CC2)o1. The van der Waals surface area contributed by atoms with Crippen LogP contribution in [-0.2, 0) is 6.54 Å². The third-order valence-corrected chi connectivity index (χ3v) is 2.81. The normalized spacial score (nSPS) is 15.1. The molecule has 1 aromatic heterocycles. The van der Waals surface area contributed by atoms with Crippen LogP contribution < -0.4 is 5.32 Å². The first kappa shape index (κ1) is 10.5. The number of nitrogens with one attached hydrogen (secondary N) is 1. The van der Waals surface area contributed by atoms with Gasteiger partial charge < -0.3 is 9.73 Å². The third-order valence-electron chi connectivity index (χ3n) is 2.81. The van der Waals surface area contributed by atoms with Crippen molar-refractivity contribution in [2.24, 2.45) is 0 Å². The van der Waals surface area contributed by atoms with Crippen molar-refractivity contribution < 1.29 is 8.81 Å². The molecule has 1 aliphatic carbocycles. The zero-order valence-electron chi connectivity index (χ0n) is 9.32. The number of hydrogen-bond acceptors (Lipinski definition) is 3. The van der Waals surface area contributed by atoms with Gasteiger partial charge in [0.25, 0.3) is 0 Å². The summed E-state index contributed by atoms with van der Waals surface area (Å²) in [6.07, 6.45) is 4.02. The molecule has 0 aliphatic heterocycles. The fourth-order valence-electron chi connectivity index (χ4n) is 1.70. The molecule has 1 aliphatic rings. The van der Waals surface area contributed by atoms with Gasteiger partial charge in [0.1, 0.15) is 5.82 Å². The highest BCUT2D eigenvalue weighted by Crippen LogP contribution is 2.24. The summed E-state index contributed by atoms with van der Waals surface area (Å²) >= 11 is 0. The molecule has 1 aromatic carbocycles. The van der Waals surface area contributed by atoms with Crippen LogP contribution in [0.3, 0.4) is 0 Å². The van der Waals surface area contributed by atoms with Crippen LogP contribution >= 0.6 is 0 Å². The Morgan fingerprint density at radius 1 is 1.35 bits per heavy atom.